The highest BCUT2D eigenvalue weighted by molar-refractivity contribution is 9.10. The van der Waals surface area contributed by atoms with Crippen LogP contribution in [-0.2, 0) is 0 Å². The highest BCUT2D eigenvalue weighted by Crippen LogP contribution is 2.22. The molecule has 0 unspecified atom stereocenters. The number of carbonyl (C=O) groups excluding carboxylic acids is 1. The van der Waals surface area contributed by atoms with E-state index in [1.165, 1.54) is 0 Å². The molecule has 2 rings (SSSR count). The summed E-state index contributed by atoms with van der Waals surface area (Å²) in [5.74, 6) is -0.0336. The number of anilines is 1. The van der Waals surface area contributed by atoms with Gasteiger partial charge in [-0.05, 0) is 31.0 Å². The van der Waals surface area contributed by atoms with Gasteiger partial charge >= 0.3 is 6.03 Å². The van der Waals surface area contributed by atoms with Crippen LogP contribution >= 0.6 is 15.9 Å². The summed E-state index contributed by atoms with van der Waals surface area (Å²) in [6.07, 6.45) is 4.38. The zero-order valence-electron chi connectivity index (χ0n) is 11.7. The molecule has 0 radical (unpaired) electrons. The van der Waals surface area contributed by atoms with Gasteiger partial charge in [0.1, 0.15) is 0 Å². The fourth-order valence-electron chi connectivity index (χ4n) is 2.37. The molecule has 0 saturated carbocycles. The second-order valence-electron chi connectivity index (χ2n) is 5.01. The first kappa shape index (κ1) is 15.6. The summed E-state index contributed by atoms with van der Waals surface area (Å²) in [5.41, 5.74) is 6.66. The maximum absolute atomic E-state index is 12.4. The predicted molar refractivity (Wildman–Crippen MR) is 85.7 cm³/mol. The number of halogens is 1. The van der Waals surface area contributed by atoms with E-state index in [0.29, 0.717) is 11.3 Å². The van der Waals surface area contributed by atoms with E-state index in [1.54, 1.807) is 18.2 Å². The molecule has 1 aliphatic rings. The fourth-order valence-corrected chi connectivity index (χ4v) is 2.73. The lowest BCUT2D eigenvalue weighted by Gasteiger charge is -2.21. The number of carbonyl (C=O) groups is 1. The Balaban J connectivity index is 2.17. The van der Waals surface area contributed by atoms with Crippen molar-refractivity contribution in [1.82, 2.24) is 4.90 Å². The Morgan fingerprint density at radius 1 is 1.29 bits per heavy atom. The number of amidine groups is 1. The molecule has 2 amide bonds. The maximum Gasteiger partial charge on any atom is 0.321 e. The second-order valence-corrected chi connectivity index (χ2v) is 5.92. The van der Waals surface area contributed by atoms with Gasteiger partial charge in [0, 0.05) is 23.1 Å². The van der Waals surface area contributed by atoms with E-state index in [0.717, 1.165) is 43.2 Å². The van der Waals surface area contributed by atoms with Crippen LogP contribution in [0.25, 0.3) is 0 Å². The Morgan fingerprint density at radius 3 is 2.57 bits per heavy atom. The molecule has 0 aliphatic carbocycles. The van der Waals surface area contributed by atoms with Gasteiger partial charge in [0.25, 0.3) is 0 Å². The molecule has 1 heterocycles. The Labute approximate surface area is 132 Å². The van der Waals surface area contributed by atoms with Gasteiger partial charge in [-0.3, -0.25) is 0 Å². The van der Waals surface area contributed by atoms with Crippen LogP contribution in [0, 0.1) is 0 Å². The van der Waals surface area contributed by atoms with Gasteiger partial charge in [-0.25, -0.2) is 4.79 Å². The fraction of sp³-hybridized carbons (Fsp3) is 0.429. The van der Waals surface area contributed by atoms with E-state index in [-0.39, 0.29) is 11.9 Å². The largest absolute Gasteiger partial charge is 0.409 e. The smallest absolute Gasteiger partial charge is 0.321 e. The Morgan fingerprint density at radius 2 is 1.95 bits per heavy atom. The molecule has 21 heavy (non-hydrogen) atoms. The summed E-state index contributed by atoms with van der Waals surface area (Å²) in [5, 5.41) is 14.7. The third kappa shape index (κ3) is 4.10. The molecule has 0 bridgehead atoms. The van der Waals surface area contributed by atoms with E-state index in [1.807, 2.05) is 4.90 Å². The monoisotopic (exact) mass is 354 g/mol. The number of amides is 2. The normalized spacial score (nSPS) is 16.4. The van der Waals surface area contributed by atoms with Crippen LogP contribution in [-0.4, -0.2) is 35.1 Å². The number of oxime groups is 1. The van der Waals surface area contributed by atoms with Crippen molar-refractivity contribution in [3.8, 4) is 0 Å². The molecule has 0 aromatic heterocycles. The average molecular weight is 355 g/mol. The van der Waals surface area contributed by atoms with Crippen molar-refractivity contribution in [2.24, 2.45) is 10.9 Å². The number of urea groups is 1. The minimum atomic E-state index is -0.151. The minimum Gasteiger partial charge on any atom is -0.409 e. The maximum atomic E-state index is 12.4. The van der Waals surface area contributed by atoms with E-state index in [9.17, 15) is 4.79 Å². The summed E-state index contributed by atoms with van der Waals surface area (Å²) in [7, 11) is 0. The topological polar surface area (TPSA) is 91.0 Å². The van der Waals surface area contributed by atoms with Crippen molar-refractivity contribution in [3.63, 3.8) is 0 Å². The van der Waals surface area contributed by atoms with Crippen molar-refractivity contribution < 1.29 is 10.0 Å². The molecule has 1 aromatic rings. The van der Waals surface area contributed by atoms with Crippen LogP contribution in [0.1, 0.15) is 31.2 Å². The number of likely N-dealkylation sites (tertiary alicyclic amines) is 1. The molecular weight excluding hydrogens is 336 g/mol. The highest BCUT2D eigenvalue weighted by Gasteiger charge is 2.17. The quantitative estimate of drug-likeness (QED) is 0.330. The van der Waals surface area contributed by atoms with Gasteiger partial charge in [-0.2, -0.15) is 0 Å². The van der Waals surface area contributed by atoms with Crippen molar-refractivity contribution in [2.75, 3.05) is 18.4 Å². The third-order valence-corrected chi connectivity index (χ3v) is 3.99. The van der Waals surface area contributed by atoms with Crippen molar-refractivity contribution >= 4 is 33.5 Å². The number of rotatable bonds is 2. The highest BCUT2D eigenvalue weighted by atomic mass is 79.9. The first-order chi connectivity index (χ1) is 10.1. The molecular formula is C14H19BrN4O2. The Bertz CT molecular complexity index is 540. The van der Waals surface area contributed by atoms with E-state index < -0.39 is 0 Å². The van der Waals surface area contributed by atoms with Crippen LogP contribution in [0.3, 0.4) is 0 Å². The molecule has 1 aromatic carbocycles. The van der Waals surface area contributed by atoms with Gasteiger partial charge < -0.3 is 21.2 Å². The van der Waals surface area contributed by atoms with Gasteiger partial charge in [-0.15, -0.1) is 0 Å². The number of nitrogens with two attached hydrogens (primary N) is 1. The van der Waals surface area contributed by atoms with E-state index >= 15 is 0 Å². The number of nitrogens with zero attached hydrogens (tertiary/aromatic N) is 2. The number of hydrogen-bond donors (Lipinski definition) is 3. The Kier molecular flexibility index (Phi) is 5.44. The summed E-state index contributed by atoms with van der Waals surface area (Å²) >= 11 is 3.36. The Hall–Kier alpha value is -1.76. The van der Waals surface area contributed by atoms with Gasteiger partial charge in [-0.1, -0.05) is 33.9 Å². The lowest BCUT2D eigenvalue weighted by Crippen LogP contribution is -2.36. The van der Waals surface area contributed by atoms with Gasteiger partial charge in [0.05, 0.1) is 5.69 Å². The van der Waals surface area contributed by atoms with Crippen molar-refractivity contribution in [2.45, 2.75) is 25.7 Å². The van der Waals surface area contributed by atoms with Crippen LogP contribution in [0.15, 0.2) is 27.8 Å². The average Bonchev–Trinajstić information content (AvgIpc) is 2.76. The molecule has 114 valence electrons. The van der Waals surface area contributed by atoms with Crippen LogP contribution < -0.4 is 11.1 Å². The lowest BCUT2D eigenvalue weighted by molar-refractivity contribution is 0.214. The minimum absolute atomic E-state index is 0.0336. The van der Waals surface area contributed by atoms with Crippen LogP contribution in [0.4, 0.5) is 10.5 Å². The summed E-state index contributed by atoms with van der Waals surface area (Å²) in [4.78, 5) is 14.2. The van der Waals surface area contributed by atoms with Crippen LogP contribution in [0.2, 0.25) is 0 Å². The molecule has 1 saturated heterocycles. The molecule has 1 aliphatic heterocycles. The standard InChI is InChI=1S/C14H19BrN4O2/c15-10-5-6-11(13(16)18-21)12(9-10)17-14(20)19-7-3-1-2-4-8-19/h5-6,9,21H,1-4,7-8H2,(H2,16,18)(H,17,20). The summed E-state index contributed by atoms with van der Waals surface area (Å²) < 4.78 is 0.808. The first-order valence-electron chi connectivity index (χ1n) is 6.95. The number of hydrogen-bond acceptors (Lipinski definition) is 3. The molecule has 1 fully saturated rings. The second kappa shape index (κ2) is 7.31. The van der Waals surface area contributed by atoms with E-state index in [2.05, 4.69) is 26.4 Å². The third-order valence-electron chi connectivity index (χ3n) is 3.50. The first-order valence-corrected chi connectivity index (χ1v) is 7.74. The number of nitrogens with one attached hydrogen (secondary N) is 1. The molecule has 7 heteroatoms. The lowest BCUT2D eigenvalue weighted by atomic mass is 10.1. The summed E-state index contributed by atoms with van der Waals surface area (Å²) in [6.45, 7) is 1.53. The number of benzene rings is 1. The van der Waals surface area contributed by atoms with Crippen molar-refractivity contribution in [1.29, 1.82) is 0 Å². The van der Waals surface area contributed by atoms with E-state index in [4.69, 9.17) is 10.9 Å². The molecule has 0 atom stereocenters. The van der Waals surface area contributed by atoms with Gasteiger partial charge in [0.15, 0.2) is 5.84 Å². The molecule has 6 nitrogen and oxygen atoms in total. The van der Waals surface area contributed by atoms with Crippen molar-refractivity contribution in [3.05, 3.63) is 28.2 Å². The molecule has 0 spiro atoms. The van der Waals surface area contributed by atoms with Gasteiger partial charge in [0.2, 0.25) is 0 Å². The SMILES string of the molecule is N/C(=N/O)c1ccc(Br)cc1NC(=O)N1CCCCCC1. The summed E-state index contributed by atoms with van der Waals surface area (Å²) in [6, 6.07) is 5.05. The van der Waals surface area contributed by atoms with Crippen LogP contribution in [0.5, 0.6) is 0 Å². The molecule has 4 N–H and O–H groups in total. The predicted octanol–water partition coefficient (Wildman–Crippen LogP) is 2.95. The zero-order chi connectivity index (χ0) is 15.2. The zero-order valence-corrected chi connectivity index (χ0v) is 13.3.